The monoisotopic (exact) mass is 498 g/mol. The number of nitrogens with one attached hydrogen (secondary N) is 1. The fourth-order valence-corrected chi connectivity index (χ4v) is 4.10. The maximum atomic E-state index is 13.4. The van der Waals surface area contributed by atoms with E-state index in [4.69, 9.17) is 4.74 Å². The Balaban J connectivity index is 2.35. The molecule has 1 aromatic carbocycles. The maximum Gasteiger partial charge on any atom is 0.258 e. The van der Waals surface area contributed by atoms with E-state index in [-0.39, 0.29) is 43.0 Å². The van der Waals surface area contributed by atoms with Gasteiger partial charge >= 0.3 is 0 Å². The van der Waals surface area contributed by atoms with Crippen LogP contribution in [0, 0.1) is 5.92 Å². The average Bonchev–Trinajstić information content (AvgIpc) is 2.75. The second-order valence-corrected chi connectivity index (χ2v) is 11.4. The smallest absolute Gasteiger partial charge is 0.258 e. The fraction of sp³-hybridized carbons (Fsp3) is 0.652. The lowest BCUT2D eigenvalue weighted by molar-refractivity contribution is -0.116. The number of carbonyl (C=O) groups excluding carboxylic acids is 2. The molecule has 34 heavy (non-hydrogen) atoms. The van der Waals surface area contributed by atoms with Crippen LogP contribution in [0.25, 0.3) is 0 Å². The second-order valence-electron chi connectivity index (χ2n) is 9.33. The summed E-state index contributed by atoms with van der Waals surface area (Å²) in [7, 11) is 1.95. The number of amides is 2. The van der Waals surface area contributed by atoms with Crippen molar-refractivity contribution in [2.24, 2.45) is 5.92 Å². The van der Waals surface area contributed by atoms with Gasteiger partial charge in [-0.3, -0.25) is 9.59 Å². The summed E-state index contributed by atoms with van der Waals surface area (Å²) >= 11 is 0. The first-order valence-corrected chi connectivity index (χ1v) is 13.3. The summed E-state index contributed by atoms with van der Waals surface area (Å²) in [6, 6.07) is 4.42. The minimum Gasteiger partial charge on any atom is -0.488 e. The Kier molecular flexibility index (Phi) is 9.86. The van der Waals surface area contributed by atoms with E-state index in [2.05, 4.69) is 5.32 Å². The van der Waals surface area contributed by atoms with Crippen molar-refractivity contribution in [3.8, 4) is 5.75 Å². The van der Waals surface area contributed by atoms with Crippen LogP contribution in [0.3, 0.4) is 0 Å². The van der Waals surface area contributed by atoms with Crippen LogP contribution in [0.15, 0.2) is 18.2 Å². The summed E-state index contributed by atoms with van der Waals surface area (Å²) in [4.78, 5) is 29.3. The van der Waals surface area contributed by atoms with Crippen molar-refractivity contribution in [2.45, 2.75) is 38.8 Å². The number of hydrogen-bond acceptors (Lipinski definition) is 7. The highest BCUT2D eigenvalue weighted by molar-refractivity contribution is 7.88. The number of nitrogens with zero attached hydrogens (tertiary/aromatic N) is 3. The molecule has 2 rings (SSSR count). The Morgan fingerprint density at radius 1 is 1.32 bits per heavy atom. The topological polar surface area (TPSA) is 119 Å². The molecule has 0 saturated carbocycles. The molecule has 192 valence electrons. The number of carbonyl (C=O) groups is 2. The minimum absolute atomic E-state index is 0.110. The zero-order valence-electron chi connectivity index (χ0n) is 20.9. The zero-order valence-corrected chi connectivity index (χ0v) is 21.8. The lowest BCUT2D eigenvalue weighted by atomic mass is 9.99. The largest absolute Gasteiger partial charge is 0.488 e. The lowest BCUT2D eigenvalue weighted by Gasteiger charge is -2.38. The van der Waals surface area contributed by atoms with E-state index in [0.29, 0.717) is 24.3 Å². The first-order valence-electron chi connectivity index (χ1n) is 11.4. The standard InChI is InChI=1S/C23H38N4O6S/c1-16-13-27(17(2)15-28)23(30)19-12-18(24-22(29)8-7-11-25(3)4)9-10-20(19)33-21(16)14-26(5)34(6,31)32/h9-10,12,16-17,21,28H,7-8,11,13-15H2,1-6H3,(H,24,29)/t16-,17+,21+/m0/s1. The van der Waals surface area contributed by atoms with Crippen LogP contribution in [0.4, 0.5) is 5.69 Å². The van der Waals surface area contributed by atoms with E-state index in [0.717, 1.165) is 12.8 Å². The van der Waals surface area contributed by atoms with Crippen LogP contribution in [-0.2, 0) is 14.8 Å². The lowest BCUT2D eigenvalue weighted by Crippen LogP contribution is -2.50. The molecule has 0 fully saturated rings. The van der Waals surface area contributed by atoms with Crippen molar-refractivity contribution in [1.82, 2.24) is 14.1 Å². The van der Waals surface area contributed by atoms with E-state index >= 15 is 0 Å². The van der Waals surface area contributed by atoms with Gasteiger partial charge in [-0.05, 0) is 52.2 Å². The Bertz CT molecular complexity index is 968. The highest BCUT2D eigenvalue weighted by Gasteiger charge is 2.34. The van der Waals surface area contributed by atoms with Crippen LogP contribution in [0.5, 0.6) is 5.75 Å². The van der Waals surface area contributed by atoms with E-state index in [1.165, 1.54) is 11.4 Å². The van der Waals surface area contributed by atoms with Gasteiger partial charge < -0.3 is 25.0 Å². The highest BCUT2D eigenvalue weighted by Crippen LogP contribution is 2.31. The Hall–Kier alpha value is -2.21. The second kappa shape index (κ2) is 12.0. The number of ether oxygens (including phenoxy) is 1. The van der Waals surface area contributed by atoms with Gasteiger partial charge in [0.15, 0.2) is 0 Å². The number of likely N-dealkylation sites (N-methyl/N-ethyl adjacent to an activating group) is 1. The molecule has 0 radical (unpaired) electrons. The third kappa shape index (κ3) is 7.66. The van der Waals surface area contributed by atoms with Gasteiger partial charge in [0, 0.05) is 31.6 Å². The number of aliphatic hydroxyl groups is 1. The molecule has 0 spiro atoms. The molecular formula is C23H38N4O6S. The van der Waals surface area contributed by atoms with Gasteiger partial charge in [-0.15, -0.1) is 0 Å². The molecule has 1 aliphatic heterocycles. The summed E-state index contributed by atoms with van der Waals surface area (Å²) < 4.78 is 31.3. The summed E-state index contributed by atoms with van der Waals surface area (Å²) in [6.45, 7) is 4.60. The molecule has 1 aliphatic rings. The van der Waals surface area contributed by atoms with E-state index in [9.17, 15) is 23.1 Å². The van der Waals surface area contributed by atoms with Crippen molar-refractivity contribution < 1.29 is 27.9 Å². The molecule has 11 heteroatoms. The highest BCUT2D eigenvalue weighted by atomic mass is 32.2. The number of fused-ring (bicyclic) bond motifs is 1. The average molecular weight is 499 g/mol. The van der Waals surface area contributed by atoms with Crippen LogP contribution in [-0.4, -0.2) is 105 Å². The normalized spacial score (nSPS) is 19.9. The molecule has 1 aromatic rings. The number of hydrogen-bond donors (Lipinski definition) is 2. The number of anilines is 1. The Morgan fingerprint density at radius 2 is 2.00 bits per heavy atom. The van der Waals surface area contributed by atoms with Gasteiger partial charge in [-0.2, -0.15) is 0 Å². The van der Waals surface area contributed by atoms with Gasteiger partial charge in [0.2, 0.25) is 15.9 Å². The third-order valence-electron chi connectivity index (χ3n) is 5.96. The fourth-order valence-electron chi connectivity index (χ4n) is 3.69. The van der Waals surface area contributed by atoms with Crippen LogP contribution >= 0.6 is 0 Å². The van der Waals surface area contributed by atoms with Crippen molar-refractivity contribution in [1.29, 1.82) is 0 Å². The molecule has 0 unspecified atom stereocenters. The molecule has 3 atom stereocenters. The van der Waals surface area contributed by atoms with Gasteiger partial charge in [-0.1, -0.05) is 6.92 Å². The SMILES string of the molecule is C[C@H](CO)N1C[C@H](C)[C@@H](CN(C)S(C)(=O)=O)Oc2ccc(NC(=O)CCCN(C)C)cc2C1=O. The van der Waals surface area contributed by atoms with Crippen LogP contribution < -0.4 is 10.1 Å². The first kappa shape index (κ1) is 28.0. The number of benzene rings is 1. The van der Waals surface area contributed by atoms with Crippen molar-refractivity contribution in [2.75, 3.05) is 59.0 Å². The molecule has 1 heterocycles. The van der Waals surface area contributed by atoms with E-state index in [1.54, 1.807) is 30.0 Å². The summed E-state index contributed by atoms with van der Waals surface area (Å²) in [6.07, 6.45) is 1.67. The predicted molar refractivity (Wildman–Crippen MR) is 131 cm³/mol. The molecule has 0 saturated heterocycles. The maximum absolute atomic E-state index is 13.4. The van der Waals surface area contributed by atoms with Crippen molar-refractivity contribution >= 4 is 27.5 Å². The van der Waals surface area contributed by atoms with Crippen LogP contribution in [0.1, 0.15) is 37.0 Å². The van der Waals surface area contributed by atoms with Gasteiger partial charge in [0.25, 0.3) is 5.91 Å². The quantitative estimate of drug-likeness (QED) is 0.495. The Labute approximate surface area is 202 Å². The first-order chi connectivity index (χ1) is 15.8. The van der Waals surface area contributed by atoms with E-state index in [1.807, 2.05) is 25.9 Å². The Morgan fingerprint density at radius 3 is 2.59 bits per heavy atom. The van der Waals surface area contributed by atoms with Gasteiger partial charge in [0.1, 0.15) is 11.9 Å². The van der Waals surface area contributed by atoms with Crippen molar-refractivity contribution in [3.63, 3.8) is 0 Å². The molecular weight excluding hydrogens is 460 g/mol. The molecule has 0 bridgehead atoms. The molecule has 0 aromatic heterocycles. The van der Waals surface area contributed by atoms with Gasteiger partial charge in [-0.25, -0.2) is 12.7 Å². The molecule has 2 N–H and O–H groups in total. The summed E-state index contributed by atoms with van der Waals surface area (Å²) in [5, 5.41) is 12.6. The summed E-state index contributed by atoms with van der Waals surface area (Å²) in [5.41, 5.74) is 0.728. The molecule has 0 aliphatic carbocycles. The zero-order chi connectivity index (χ0) is 25.6. The summed E-state index contributed by atoms with van der Waals surface area (Å²) in [5.74, 6) is -0.361. The number of sulfonamides is 1. The van der Waals surface area contributed by atoms with Gasteiger partial charge in [0.05, 0.1) is 31.0 Å². The molecule has 2 amide bonds. The minimum atomic E-state index is -3.42. The third-order valence-corrected chi connectivity index (χ3v) is 7.24. The van der Waals surface area contributed by atoms with Crippen LogP contribution in [0.2, 0.25) is 0 Å². The number of rotatable bonds is 10. The molecule has 10 nitrogen and oxygen atoms in total. The predicted octanol–water partition coefficient (Wildman–Crippen LogP) is 1.08. The van der Waals surface area contributed by atoms with Crippen molar-refractivity contribution in [3.05, 3.63) is 23.8 Å². The van der Waals surface area contributed by atoms with E-state index < -0.39 is 22.2 Å². The number of aliphatic hydroxyl groups excluding tert-OH is 1.